The molecular weight excluding hydrogens is 152 g/mol. The second-order valence-corrected chi connectivity index (χ2v) is 2.24. The molecule has 0 saturated carbocycles. The van der Waals surface area contributed by atoms with Crippen LogP contribution in [0.4, 0.5) is 11.4 Å². The van der Waals surface area contributed by atoms with Gasteiger partial charge in [0.1, 0.15) is 0 Å². The van der Waals surface area contributed by atoms with E-state index >= 15 is 0 Å². The van der Waals surface area contributed by atoms with Crippen molar-refractivity contribution in [2.45, 2.75) is 0 Å². The predicted octanol–water partition coefficient (Wildman–Crippen LogP) is 0.889. The van der Waals surface area contributed by atoms with Gasteiger partial charge in [0.15, 0.2) is 6.19 Å². The Bertz CT molecular complexity index is 302. The third kappa shape index (κ3) is 1.47. The highest BCUT2D eigenvalue weighted by Gasteiger charge is 2.03. The molecule has 0 unspecified atom stereocenters. The molecule has 0 atom stereocenters. The molecule has 12 heavy (non-hydrogen) atoms. The number of hydrazine groups is 1. The molecule has 0 aromatic heterocycles. The van der Waals surface area contributed by atoms with E-state index in [1.165, 1.54) is 0 Å². The quantitative estimate of drug-likeness (QED) is 0.293. The topological polar surface area (TPSA) is 65.1 Å². The maximum Gasteiger partial charge on any atom is 0.200 e. The molecule has 62 valence electrons. The SMILES string of the molecule is CNc1ccccc1N(N)C#N. The fourth-order valence-electron chi connectivity index (χ4n) is 0.949. The summed E-state index contributed by atoms with van der Waals surface area (Å²) in [6.07, 6.45) is 1.83. The second-order valence-electron chi connectivity index (χ2n) is 2.24. The van der Waals surface area contributed by atoms with Gasteiger partial charge in [-0.15, -0.1) is 0 Å². The van der Waals surface area contributed by atoms with Gasteiger partial charge in [-0.3, -0.25) is 0 Å². The average Bonchev–Trinajstić information content (AvgIpc) is 2.16. The third-order valence-electron chi connectivity index (χ3n) is 1.54. The van der Waals surface area contributed by atoms with Crippen LogP contribution in [0.25, 0.3) is 0 Å². The van der Waals surface area contributed by atoms with E-state index in [4.69, 9.17) is 11.1 Å². The molecule has 1 aromatic carbocycles. The summed E-state index contributed by atoms with van der Waals surface area (Å²) in [4.78, 5) is 0. The first-order chi connectivity index (χ1) is 5.79. The van der Waals surface area contributed by atoms with Crippen LogP contribution >= 0.6 is 0 Å². The van der Waals surface area contributed by atoms with Crippen molar-refractivity contribution in [1.29, 1.82) is 5.26 Å². The van der Waals surface area contributed by atoms with Crippen LogP contribution < -0.4 is 16.2 Å². The summed E-state index contributed by atoms with van der Waals surface area (Å²) in [6, 6.07) is 7.33. The molecule has 4 nitrogen and oxygen atoms in total. The first-order valence-corrected chi connectivity index (χ1v) is 3.51. The van der Waals surface area contributed by atoms with Gasteiger partial charge in [-0.05, 0) is 12.1 Å². The van der Waals surface area contributed by atoms with E-state index in [1.807, 2.05) is 24.4 Å². The van der Waals surface area contributed by atoms with Gasteiger partial charge in [0.05, 0.1) is 11.4 Å². The molecule has 0 amide bonds. The molecule has 4 heteroatoms. The van der Waals surface area contributed by atoms with Gasteiger partial charge in [-0.2, -0.15) is 5.26 Å². The summed E-state index contributed by atoms with van der Waals surface area (Å²) >= 11 is 0. The van der Waals surface area contributed by atoms with Crippen LogP contribution in [-0.2, 0) is 0 Å². The maximum absolute atomic E-state index is 8.53. The van der Waals surface area contributed by atoms with Gasteiger partial charge in [-0.1, -0.05) is 12.1 Å². The van der Waals surface area contributed by atoms with Crippen molar-refractivity contribution >= 4 is 11.4 Å². The van der Waals surface area contributed by atoms with E-state index in [0.29, 0.717) is 5.69 Å². The molecule has 0 spiro atoms. The number of hydrogen-bond acceptors (Lipinski definition) is 4. The van der Waals surface area contributed by atoms with Gasteiger partial charge in [0.2, 0.25) is 0 Å². The zero-order chi connectivity index (χ0) is 8.97. The van der Waals surface area contributed by atoms with E-state index in [0.717, 1.165) is 10.7 Å². The fourth-order valence-corrected chi connectivity index (χ4v) is 0.949. The Balaban J connectivity index is 3.06. The van der Waals surface area contributed by atoms with Crippen LogP contribution in [-0.4, -0.2) is 7.05 Å². The van der Waals surface area contributed by atoms with E-state index < -0.39 is 0 Å². The molecule has 1 aromatic rings. The summed E-state index contributed by atoms with van der Waals surface area (Å²) in [5.41, 5.74) is 1.50. The van der Waals surface area contributed by atoms with Crippen LogP contribution in [0.15, 0.2) is 24.3 Å². The first-order valence-electron chi connectivity index (χ1n) is 3.51. The zero-order valence-electron chi connectivity index (χ0n) is 6.78. The lowest BCUT2D eigenvalue weighted by Gasteiger charge is -2.12. The Morgan fingerprint density at radius 2 is 2.17 bits per heavy atom. The number of rotatable bonds is 2. The minimum Gasteiger partial charge on any atom is -0.386 e. The first kappa shape index (κ1) is 8.37. The molecule has 0 heterocycles. The van der Waals surface area contributed by atoms with Crippen molar-refractivity contribution < 1.29 is 0 Å². The normalized spacial score (nSPS) is 8.75. The van der Waals surface area contributed by atoms with Gasteiger partial charge in [-0.25, -0.2) is 10.9 Å². The van der Waals surface area contributed by atoms with Gasteiger partial charge in [0, 0.05) is 7.05 Å². The largest absolute Gasteiger partial charge is 0.386 e. The van der Waals surface area contributed by atoms with E-state index in [-0.39, 0.29) is 0 Å². The van der Waals surface area contributed by atoms with Gasteiger partial charge >= 0.3 is 0 Å². The van der Waals surface area contributed by atoms with E-state index in [1.54, 1.807) is 13.1 Å². The molecule has 1 rings (SSSR count). The Labute approximate surface area is 71.2 Å². The minimum atomic E-state index is 0.669. The number of nitrogens with one attached hydrogen (secondary N) is 1. The molecule has 0 aliphatic rings. The summed E-state index contributed by atoms with van der Waals surface area (Å²) in [5, 5.41) is 12.5. The second kappa shape index (κ2) is 3.60. The fraction of sp³-hybridized carbons (Fsp3) is 0.125. The number of nitrogens with zero attached hydrogens (tertiary/aromatic N) is 2. The number of nitriles is 1. The Hall–Kier alpha value is -1.73. The molecule has 0 radical (unpaired) electrons. The minimum absolute atomic E-state index is 0.669. The molecule has 3 N–H and O–H groups in total. The van der Waals surface area contributed by atoms with Crippen LogP contribution in [0, 0.1) is 11.5 Å². The van der Waals surface area contributed by atoms with Crippen molar-refractivity contribution in [3.63, 3.8) is 0 Å². The van der Waals surface area contributed by atoms with Gasteiger partial charge in [0.25, 0.3) is 0 Å². The predicted molar refractivity (Wildman–Crippen MR) is 48.3 cm³/mol. The number of nitrogens with two attached hydrogens (primary N) is 1. The highest BCUT2D eigenvalue weighted by Crippen LogP contribution is 2.21. The van der Waals surface area contributed by atoms with Crippen molar-refractivity contribution in [2.75, 3.05) is 17.4 Å². The smallest absolute Gasteiger partial charge is 0.200 e. The number of benzene rings is 1. The maximum atomic E-state index is 8.53. The van der Waals surface area contributed by atoms with Crippen LogP contribution in [0.2, 0.25) is 0 Å². The van der Waals surface area contributed by atoms with Gasteiger partial charge < -0.3 is 5.32 Å². The summed E-state index contributed by atoms with van der Waals surface area (Å²) in [6.45, 7) is 0. The Kier molecular flexibility index (Phi) is 2.51. The molecule has 0 aliphatic heterocycles. The van der Waals surface area contributed by atoms with Crippen LogP contribution in [0.3, 0.4) is 0 Å². The van der Waals surface area contributed by atoms with Crippen molar-refractivity contribution in [3.05, 3.63) is 24.3 Å². The molecule has 0 aliphatic carbocycles. The highest BCUT2D eigenvalue weighted by atomic mass is 15.4. The van der Waals surface area contributed by atoms with Crippen LogP contribution in [0.5, 0.6) is 0 Å². The zero-order valence-corrected chi connectivity index (χ0v) is 6.78. The summed E-state index contributed by atoms with van der Waals surface area (Å²) in [5.74, 6) is 5.40. The van der Waals surface area contributed by atoms with Crippen molar-refractivity contribution in [3.8, 4) is 6.19 Å². The highest BCUT2D eigenvalue weighted by molar-refractivity contribution is 5.70. The number of anilines is 2. The monoisotopic (exact) mass is 162 g/mol. The summed E-state index contributed by atoms with van der Waals surface area (Å²) < 4.78 is 0. The third-order valence-corrected chi connectivity index (χ3v) is 1.54. The van der Waals surface area contributed by atoms with E-state index in [9.17, 15) is 0 Å². The number of hydrogen-bond donors (Lipinski definition) is 2. The molecule has 0 fully saturated rings. The molecule has 0 bridgehead atoms. The Morgan fingerprint density at radius 1 is 1.50 bits per heavy atom. The summed E-state index contributed by atoms with van der Waals surface area (Å²) in [7, 11) is 1.78. The van der Waals surface area contributed by atoms with Crippen LogP contribution in [0.1, 0.15) is 0 Å². The lowest BCUT2D eigenvalue weighted by Crippen LogP contribution is -2.25. The standard InChI is InChI=1S/C8H10N4/c1-11-7-4-2-3-5-8(7)12(10)6-9/h2-5,11H,10H2,1H3. The average molecular weight is 162 g/mol. The number of para-hydroxylation sites is 2. The van der Waals surface area contributed by atoms with Crippen molar-refractivity contribution in [1.82, 2.24) is 0 Å². The Morgan fingerprint density at radius 3 is 2.75 bits per heavy atom. The molecule has 0 saturated heterocycles. The van der Waals surface area contributed by atoms with E-state index in [2.05, 4.69) is 5.32 Å². The van der Waals surface area contributed by atoms with Crippen molar-refractivity contribution in [2.24, 2.45) is 5.84 Å². The lowest BCUT2D eigenvalue weighted by atomic mass is 10.2. The lowest BCUT2D eigenvalue weighted by molar-refractivity contribution is 1.09. The molecular formula is C8H10N4.